The lowest BCUT2D eigenvalue weighted by Gasteiger charge is -2.29. The molecule has 160 valence electrons. The molecule has 0 unspecified atom stereocenters. The van der Waals surface area contributed by atoms with Gasteiger partial charge in [-0.1, -0.05) is 23.7 Å². The van der Waals surface area contributed by atoms with Crippen molar-refractivity contribution in [3.05, 3.63) is 80.7 Å². The number of halogens is 4. The molecule has 2 aromatic carbocycles. The molecule has 0 radical (unpaired) electrons. The van der Waals surface area contributed by atoms with Crippen LogP contribution in [0.25, 0.3) is 5.69 Å². The van der Waals surface area contributed by atoms with Gasteiger partial charge in [-0.2, -0.15) is 18.3 Å². The molecule has 0 N–H and O–H groups in total. The van der Waals surface area contributed by atoms with Gasteiger partial charge in [-0.25, -0.2) is 4.68 Å². The summed E-state index contributed by atoms with van der Waals surface area (Å²) in [6, 6.07) is 11.1. The van der Waals surface area contributed by atoms with Crippen LogP contribution in [0.1, 0.15) is 21.7 Å². The van der Waals surface area contributed by atoms with E-state index in [1.54, 1.807) is 30.0 Å². The van der Waals surface area contributed by atoms with Crippen LogP contribution in [0.15, 0.2) is 58.2 Å². The number of hydrogen-bond acceptors (Lipinski definition) is 4. The average molecular weight is 466 g/mol. The van der Waals surface area contributed by atoms with Crippen LogP contribution in [0.5, 0.6) is 0 Å². The fourth-order valence-corrected chi connectivity index (χ4v) is 4.51. The first kappa shape index (κ1) is 21.5. The Kier molecular flexibility index (Phi) is 5.57. The van der Waals surface area contributed by atoms with Crippen LogP contribution in [0.3, 0.4) is 0 Å². The molecule has 31 heavy (non-hydrogen) atoms. The molecule has 2 heterocycles. The Labute approximate surface area is 184 Å². The van der Waals surface area contributed by atoms with Gasteiger partial charge in [0.25, 0.3) is 5.91 Å². The van der Waals surface area contributed by atoms with E-state index in [9.17, 15) is 22.8 Å². The van der Waals surface area contributed by atoms with Gasteiger partial charge >= 0.3 is 6.18 Å². The zero-order valence-corrected chi connectivity index (χ0v) is 17.7. The molecule has 0 bridgehead atoms. The van der Waals surface area contributed by atoms with Gasteiger partial charge in [-0.15, -0.1) is 11.8 Å². The largest absolute Gasteiger partial charge is 0.418 e. The highest BCUT2D eigenvalue weighted by atomic mass is 35.5. The zero-order chi connectivity index (χ0) is 22.3. The Balaban J connectivity index is 1.84. The number of rotatable bonds is 2. The first-order chi connectivity index (χ1) is 14.7. The van der Waals surface area contributed by atoms with Crippen molar-refractivity contribution in [2.75, 3.05) is 17.2 Å². The molecular weight excluding hydrogens is 451 g/mol. The lowest BCUT2D eigenvalue weighted by atomic mass is 10.1. The SMILES string of the molecule is Cc1cc(=O)c(C(=O)N2CCSc3ccc(Cl)cc32)nn1-c1ccccc1C(F)(F)F. The van der Waals surface area contributed by atoms with Crippen LogP contribution in [0.2, 0.25) is 5.02 Å². The third-order valence-corrected chi connectivity index (χ3v) is 6.06. The van der Waals surface area contributed by atoms with Crippen LogP contribution in [-0.4, -0.2) is 28.0 Å². The highest BCUT2D eigenvalue weighted by Crippen LogP contribution is 2.37. The van der Waals surface area contributed by atoms with Gasteiger partial charge < -0.3 is 4.90 Å². The number of amides is 1. The fourth-order valence-electron chi connectivity index (χ4n) is 3.37. The number of hydrogen-bond donors (Lipinski definition) is 0. The number of alkyl halides is 3. The maximum absolute atomic E-state index is 13.5. The summed E-state index contributed by atoms with van der Waals surface area (Å²) in [5, 5.41) is 4.48. The zero-order valence-electron chi connectivity index (χ0n) is 16.1. The summed E-state index contributed by atoms with van der Waals surface area (Å²) < 4.78 is 41.5. The van der Waals surface area contributed by atoms with Gasteiger partial charge in [0.05, 0.1) is 16.9 Å². The molecular formula is C21H15ClF3N3O2S. The first-order valence-electron chi connectivity index (χ1n) is 9.18. The lowest BCUT2D eigenvalue weighted by molar-refractivity contribution is -0.137. The number of carbonyl (C=O) groups is 1. The number of para-hydroxylation sites is 1. The van der Waals surface area contributed by atoms with E-state index in [2.05, 4.69) is 5.10 Å². The molecule has 0 aliphatic carbocycles. The minimum atomic E-state index is -4.63. The Morgan fingerprint density at radius 3 is 2.61 bits per heavy atom. The average Bonchev–Trinajstić information content (AvgIpc) is 2.72. The van der Waals surface area contributed by atoms with Crippen molar-refractivity contribution < 1.29 is 18.0 Å². The van der Waals surface area contributed by atoms with Crippen molar-refractivity contribution in [2.45, 2.75) is 18.0 Å². The molecule has 1 amide bonds. The number of thioether (sulfide) groups is 1. The van der Waals surface area contributed by atoms with Crippen molar-refractivity contribution in [3.8, 4) is 5.69 Å². The molecule has 5 nitrogen and oxygen atoms in total. The number of fused-ring (bicyclic) bond motifs is 1. The molecule has 0 saturated heterocycles. The van der Waals surface area contributed by atoms with Crippen molar-refractivity contribution >= 4 is 35.0 Å². The summed E-state index contributed by atoms with van der Waals surface area (Å²) in [5.41, 5.74) is -1.59. The lowest BCUT2D eigenvalue weighted by Crippen LogP contribution is -2.39. The number of aryl methyl sites for hydroxylation is 1. The van der Waals surface area contributed by atoms with Gasteiger partial charge in [0, 0.05) is 34.0 Å². The van der Waals surface area contributed by atoms with E-state index >= 15 is 0 Å². The Morgan fingerprint density at radius 1 is 1.13 bits per heavy atom. The number of nitrogens with zero attached hydrogens (tertiary/aromatic N) is 3. The standard InChI is InChI=1S/C21H15ClF3N3O2S/c1-12-10-17(29)19(26-28(12)15-5-3-2-4-14(15)21(23,24)25)20(30)27-8-9-31-18-7-6-13(22)11-16(18)27/h2-7,10-11H,8-9H2,1H3. The van der Waals surface area contributed by atoms with Crippen LogP contribution in [0, 0.1) is 6.92 Å². The normalized spacial score (nSPS) is 13.8. The van der Waals surface area contributed by atoms with E-state index in [4.69, 9.17) is 11.6 Å². The second kappa shape index (κ2) is 8.05. The number of carbonyl (C=O) groups excluding carboxylic acids is 1. The Hall–Kier alpha value is -2.78. The van der Waals surface area contributed by atoms with E-state index in [1.165, 1.54) is 30.0 Å². The topological polar surface area (TPSA) is 55.2 Å². The number of benzene rings is 2. The highest BCUT2D eigenvalue weighted by molar-refractivity contribution is 7.99. The van der Waals surface area contributed by atoms with Crippen molar-refractivity contribution in [1.29, 1.82) is 0 Å². The van der Waals surface area contributed by atoms with Crippen LogP contribution >= 0.6 is 23.4 Å². The van der Waals surface area contributed by atoms with Gasteiger partial charge in [-0.05, 0) is 37.3 Å². The molecule has 0 spiro atoms. The minimum absolute atomic E-state index is 0.177. The smallest absolute Gasteiger partial charge is 0.305 e. The predicted molar refractivity (Wildman–Crippen MR) is 113 cm³/mol. The van der Waals surface area contributed by atoms with E-state index in [0.29, 0.717) is 23.0 Å². The Morgan fingerprint density at radius 2 is 1.87 bits per heavy atom. The molecule has 3 aromatic rings. The third-order valence-electron chi connectivity index (χ3n) is 4.78. The molecule has 0 atom stereocenters. The summed E-state index contributed by atoms with van der Waals surface area (Å²) in [4.78, 5) is 28.0. The van der Waals surface area contributed by atoms with Gasteiger partial charge in [0.2, 0.25) is 5.43 Å². The number of anilines is 1. The summed E-state index contributed by atoms with van der Waals surface area (Å²) >= 11 is 7.62. The summed E-state index contributed by atoms with van der Waals surface area (Å²) in [5.74, 6) is -0.0933. The molecule has 0 fully saturated rings. The minimum Gasteiger partial charge on any atom is -0.305 e. The van der Waals surface area contributed by atoms with Crippen LogP contribution < -0.4 is 10.3 Å². The first-order valence-corrected chi connectivity index (χ1v) is 10.5. The maximum atomic E-state index is 13.5. The summed E-state index contributed by atoms with van der Waals surface area (Å²) in [6.07, 6.45) is -4.63. The quantitative estimate of drug-likeness (QED) is 0.536. The molecule has 4 rings (SSSR count). The van der Waals surface area contributed by atoms with Crippen molar-refractivity contribution in [1.82, 2.24) is 9.78 Å². The summed E-state index contributed by atoms with van der Waals surface area (Å²) in [6.45, 7) is 1.77. The van der Waals surface area contributed by atoms with Gasteiger partial charge in [-0.3, -0.25) is 9.59 Å². The van der Waals surface area contributed by atoms with Crippen molar-refractivity contribution in [3.63, 3.8) is 0 Å². The molecule has 0 saturated carbocycles. The fraction of sp³-hybridized carbons (Fsp3) is 0.190. The monoisotopic (exact) mass is 465 g/mol. The van der Waals surface area contributed by atoms with Gasteiger partial charge in [0.1, 0.15) is 0 Å². The molecule has 10 heteroatoms. The molecule has 1 aliphatic rings. The molecule has 1 aromatic heterocycles. The second-order valence-corrected chi connectivity index (χ2v) is 8.42. The van der Waals surface area contributed by atoms with E-state index < -0.39 is 28.8 Å². The van der Waals surface area contributed by atoms with Crippen LogP contribution in [-0.2, 0) is 6.18 Å². The van der Waals surface area contributed by atoms with Crippen molar-refractivity contribution in [2.24, 2.45) is 0 Å². The van der Waals surface area contributed by atoms with E-state index in [-0.39, 0.29) is 11.4 Å². The van der Waals surface area contributed by atoms with Gasteiger partial charge in [0.15, 0.2) is 5.69 Å². The second-order valence-electron chi connectivity index (χ2n) is 6.84. The maximum Gasteiger partial charge on any atom is 0.418 e. The van der Waals surface area contributed by atoms with Crippen LogP contribution in [0.4, 0.5) is 18.9 Å². The molecule has 1 aliphatic heterocycles. The summed E-state index contributed by atoms with van der Waals surface area (Å²) in [7, 11) is 0. The third kappa shape index (κ3) is 4.07. The Bertz CT molecular complexity index is 1240. The van der Waals surface area contributed by atoms with E-state index in [1.807, 2.05) is 0 Å². The number of aromatic nitrogens is 2. The predicted octanol–water partition coefficient (Wildman–Crippen LogP) is 4.97. The van der Waals surface area contributed by atoms with E-state index in [0.717, 1.165) is 21.7 Å². The highest BCUT2D eigenvalue weighted by Gasteiger charge is 2.34.